The Hall–Kier alpha value is -2.54. The van der Waals surface area contributed by atoms with Crippen LogP contribution in [0.1, 0.15) is 16.9 Å². The van der Waals surface area contributed by atoms with Crippen LogP contribution in [-0.4, -0.2) is 29.1 Å². The first kappa shape index (κ1) is 15.8. The quantitative estimate of drug-likeness (QED) is 0.652. The van der Waals surface area contributed by atoms with E-state index < -0.39 is 4.92 Å². The van der Waals surface area contributed by atoms with Gasteiger partial charge >= 0.3 is 0 Å². The lowest BCUT2D eigenvalue weighted by molar-refractivity contribution is -0.385. The second-order valence-electron chi connectivity index (χ2n) is 5.08. The molecule has 0 fully saturated rings. The summed E-state index contributed by atoms with van der Waals surface area (Å²) in [6.07, 6.45) is 1.62. The Morgan fingerprint density at radius 3 is 2.59 bits per heavy atom. The summed E-state index contributed by atoms with van der Waals surface area (Å²) < 4.78 is 10.3. The van der Waals surface area contributed by atoms with Crippen LogP contribution in [-0.2, 0) is 13.1 Å². The second-order valence-corrected chi connectivity index (χ2v) is 5.08. The second kappa shape index (κ2) is 6.48. The van der Waals surface area contributed by atoms with Gasteiger partial charge in [0, 0.05) is 24.2 Å². The molecule has 7 heteroatoms. The number of hydrogen-bond donors (Lipinski definition) is 1. The SMILES string of the molecule is COc1cc(CN(C)Cc2ccoc2C)c([N+](=O)[O-])cc1O. The predicted octanol–water partition coefficient (Wildman–Crippen LogP) is 2.84. The Bertz CT molecular complexity index is 681. The van der Waals surface area contributed by atoms with Crippen LogP contribution < -0.4 is 4.74 Å². The van der Waals surface area contributed by atoms with E-state index in [1.807, 2.05) is 24.9 Å². The first-order valence-electron chi connectivity index (χ1n) is 6.68. The summed E-state index contributed by atoms with van der Waals surface area (Å²) in [6.45, 7) is 2.81. The molecule has 1 aromatic heterocycles. The van der Waals surface area contributed by atoms with Crippen molar-refractivity contribution in [2.24, 2.45) is 0 Å². The predicted molar refractivity (Wildman–Crippen MR) is 79.9 cm³/mol. The minimum atomic E-state index is -0.508. The summed E-state index contributed by atoms with van der Waals surface area (Å²) in [7, 11) is 3.26. The summed E-state index contributed by atoms with van der Waals surface area (Å²) in [4.78, 5) is 12.6. The van der Waals surface area contributed by atoms with Gasteiger partial charge < -0.3 is 14.3 Å². The molecule has 0 atom stereocenters. The van der Waals surface area contributed by atoms with E-state index in [4.69, 9.17) is 9.15 Å². The third-order valence-electron chi connectivity index (χ3n) is 3.42. The highest BCUT2D eigenvalue weighted by atomic mass is 16.6. The maximum Gasteiger partial charge on any atom is 0.277 e. The highest BCUT2D eigenvalue weighted by molar-refractivity contribution is 5.53. The smallest absolute Gasteiger partial charge is 0.277 e. The number of hydrogen-bond acceptors (Lipinski definition) is 6. The molecule has 1 aromatic carbocycles. The van der Waals surface area contributed by atoms with Gasteiger partial charge in [-0.2, -0.15) is 0 Å². The highest BCUT2D eigenvalue weighted by Crippen LogP contribution is 2.34. The fraction of sp³-hybridized carbons (Fsp3) is 0.333. The lowest BCUT2D eigenvalue weighted by Crippen LogP contribution is -2.18. The molecule has 0 bridgehead atoms. The maximum atomic E-state index is 11.1. The molecule has 0 aliphatic heterocycles. The van der Waals surface area contributed by atoms with Crippen molar-refractivity contribution in [2.45, 2.75) is 20.0 Å². The van der Waals surface area contributed by atoms with Crippen LogP contribution in [0.4, 0.5) is 5.69 Å². The van der Waals surface area contributed by atoms with E-state index in [9.17, 15) is 15.2 Å². The number of aromatic hydroxyl groups is 1. The molecule has 0 unspecified atom stereocenters. The van der Waals surface area contributed by atoms with Crippen LogP contribution in [0.25, 0.3) is 0 Å². The molecule has 0 radical (unpaired) electrons. The molecule has 118 valence electrons. The summed E-state index contributed by atoms with van der Waals surface area (Å²) in [6, 6.07) is 4.48. The van der Waals surface area contributed by atoms with Crippen molar-refractivity contribution in [3.63, 3.8) is 0 Å². The van der Waals surface area contributed by atoms with Crippen LogP contribution >= 0.6 is 0 Å². The van der Waals surface area contributed by atoms with Gasteiger partial charge in [-0.25, -0.2) is 0 Å². The summed E-state index contributed by atoms with van der Waals surface area (Å²) >= 11 is 0. The molecule has 0 spiro atoms. The molecule has 0 aliphatic carbocycles. The van der Waals surface area contributed by atoms with E-state index in [2.05, 4.69) is 0 Å². The Morgan fingerprint density at radius 1 is 1.36 bits per heavy atom. The van der Waals surface area contributed by atoms with Gasteiger partial charge in [0.15, 0.2) is 11.5 Å². The molecule has 1 N–H and O–H groups in total. The average Bonchev–Trinajstić information content (AvgIpc) is 2.85. The van der Waals surface area contributed by atoms with Crippen LogP contribution in [0.5, 0.6) is 11.5 Å². The number of ether oxygens (including phenoxy) is 1. The van der Waals surface area contributed by atoms with E-state index in [0.717, 1.165) is 17.4 Å². The van der Waals surface area contributed by atoms with Crippen molar-refractivity contribution in [1.29, 1.82) is 0 Å². The first-order chi connectivity index (χ1) is 10.4. The van der Waals surface area contributed by atoms with Gasteiger partial charge in [0.1, 0.15) is 5.76 Å². The van der Waals surface area contributed by atoms with Gasteiger partial charge in [-0.05, 0) is 26.1 Å². The van der Waals surface area contributed by atoms with Crippen LogP contribution in [0.3, 0.4) is 0 Å². The first-order valence-corrected chi connectivity index (χ1v) is 6.68. The molecule has 0 saturated carbocycles. The van der Waals surface area contributed by atoms with Gasteiger partial charge in [-0.1, -0.05) is 0 Å². The number of benzene rings is 1. The lowest BCUT2D eigenvalue weighted by atomic mass is 10.1. The molecule has 22 heavy (non-hydrogen) atoms. The van der Waals surface area contributed by atoms with Gasteiger partial charge in [-0.15, -0.1) is 0 Å². The number of aryl methyl sites for hydroxylation is 1. The van der Waals surface area contributed by atoms with Crippen LogP contribution in [0.2, 0.25) is 0 Å². The zero-order valence-electron chi connectivity index (χ0n) is 12.7. The van der Waals surface area contributed by atoms with E-state index in [-0.39, 0.29) is 17.2 Å². The molecule has 0 saturated heterocycles. The Kier molecular flexibility index (Phi) is 4.67. The Balaban J connectivity index is 2.23. The van der Waals surface area contributed by atoms with E-state index in [1.54, 1.807) is 6.26 Å². The van der Waals surface area contributed by atoms with Crippen molar-refractivity contribution >= 4 is 5.69 Å². The van der Waals surface area contributed by atoms with Crippen LogP contribution in [0, 0.1) is 17.0 Å². The Labute approximate surface area is 127 Å². The third-order valence-corrected chi connectivity index (χ3v) is 3.42. The van der Waals surface area contributed by atoms with Crippen molar-refractivity contribution in [3.05, 3.63) is 51.5 Å². The summed E-state index contributed by atoms with van der Waals surface area (Å²) in [5, 5.41) is 20.8. The third kappa shape index (κ3) is 3.37. The monoisotopic (exact) mass is 306 g/mol. The summed E-state index contributed by atoms with van der Waals surface area (Å²) in [5.74, 6) is 0.796. The molecule has 2 rings (SSSR count). The van der Waals surface area contributed by atoms with E-state index >= 15 is 0 Å². The number of nitro benzene ring substituents is 1. The number of nitrogens with zero attached hydrogens (tertiary/aromatic N) is 2. The largest absolute Gasteiger partial charge is 0.504 e. The number of methoxy groups -OCH3 is 1. The van der Waals surface area contributed by atoms with Crippen molar-refractivity contribution < 1.29 is 19.2 Å². The zero-order chi connectivity index (χ0) is 16.3. The van der Waals surface area contributed by atoms with E-state index in [1.165, 1.54) is 13.2 Å². The number of phenolic OH excluding ortho intramolecular Hbond substituents is 1. The molecule has 2 aromatic rings. The maximum absolute atomic E-state index is 11.1. The molecular weight excluding hydrogens is 288 g/mol. The van der Waals surface area contributed by atoms with Gasteiger partial charge in [0.05, 0.1) is 24.4 Å². The molecular formula is C15H18N2O5. The Morgan fingerprint density at radius 2 is 2.05 bits per heavy atom. The number of nitro groups is 1. The van der Waals surface area contributed by atoms with Gasteiger partial charge in [0.2, 0.25) is 0 Å². The number of furan rings is 1. The van der Waals surface area contributed by atoms with Gasteiger partial charge in [0.25, 0.3) is 5.69 Å². The fourth-order valence-corrected chi connectivity index (χ4v) is 2.27. The number of rotatable bonds is 6. The van der Waals surface area contributed by atoms with Crippen molar-refractivity contribution in [1.82, 2.24) is 4.90 Å². The topological polar surface area (TPSA) is 89.0 Å². The van der Waals surface area contributed by atoms with Crippen molar-refractivity contribution in [2.75, 3.05) is 14.2 Å². The standard InChI is InChI=1S/C15H18N2O5/c1-10-11(4-5-22-10)8-16(2)9-12-6-15(21-3)14(18)7-13(12)17(19)20/h4-7,18H,8-9H2,1-3H3. The number of phenols is 1. The molecule has 1 heterocycles. The normalized spacial score (nSPS) is 10.9. The minimum absolute atomic E-state index is 0.130. The lowest BCUT2D eigenvalue weighted by Gasteiger charge is -2.17. The fourth-order valence-electron chi connectivity index (χ4n) is 2.27. The highest BCUT2D eigenvalue weighted by Gasteiger charge is 2.20. The molecule has 0 amide bonds. The molecule has 0 aliphatic rings. The zero-order valence-corrected chi connectivity index (χ0v) is 12.7. The van der Waals surface area contributed by atoms with Crippen LogP contribution in [0.15, 0.2) is 28.9 Å². The summed E-state index contributed by atoms with van der Waals surface area (Å²) in [5.41, 5.74) is 1.37. The average molecular weight is 306 g/mol. The van der Waals surface area contributed by atoms with E-state index in [0.29, 0.717) is 18.7 Å². The minimum Gasteiger partial charge on any atom is -0.504 e. The molecule has 7 nitrogen and oxygen atoms in total. The van der Waals surface area contributed by atoms with Crippen molar-refractivity contribution in [3.8, 4) is 11.5 Å². The van der Waals surface area contributed by atoms with Gasteiger partial charge in [-0.3, -0.25) is 15.0 Å².